The van der Waals surface area contributed by atoms with Crippen LogP contribution in [0.1, 0.15) is 36.2 Å². The fourth-order valence-corrected chi connectivity index (χ4v) is 3.25. The van der Waals surface area contributed by atoms with Gasteiger partial charge in [-0.1, -0.05) is 0 Å². The van der Waals surface area contributed by atoms with E-state index in [-0.39, 0.29) is 6.10 Å². The minimum atomic E-state index is 0.0824. The largest absolute Gasteiger partial charge is 0.381 e. The van der Waals surface area contributed by atoms with Crippen LogP contribution in [0.25, 0.3) is 0 Å². The van der Waals surface area contributed by atoms with Crippen LogP contribution in [0.2, 0.25) is 0 Å². The van der Waals surface area contributed by atoms with Gasteiger partial charge in [-0.3, -0.25) is 4.90 Å². The van der Waals surface area contributed by atoms with Gasteiger partial charge in [-0.05, 0) is 38.7 Å². The zero-order valence-electron chi connectivity index (χ0n) is 13.0. The highest BCUT2D eigenvalue weighted by Gasteiger charge is 2.26. The standard InChI is InChI=1S/C16H25N3O2/c1-12-9-15(18-13(2)17-12)16-11-19(5-8-21-16)10-14-3-6-20-7-4-14/h9,14,16H,3-8,10-11H2,1-2H3/t16-/m0/s1. The SMILES string of the molecule is Cc1cc([C@@H]2CN(CC3CCOCC3)CCO2)nc(C)n1. The molecule has 116 valence electrons. The monoisotopic (exact) mass is 291 g/mol. The second kappa shape index (κ2) is 6.81. The maximum absolute atomic E-state index is 5.94. The lowest BCUT2D eigenvalue weighted by Gasteiger charge is -2.35. The summed E-state index contributed by atoms with van der Waals surface area (Å²) in [6.45, 7) is 9.71. The molecule has 0 bridgehead atoms. The van der Waals surface area contributed by atoms with E-state index in [1.54, 1.807) is 0 Å². The van der Waals surface area contributed by atoms with Crippen molar-refractivity contribution in [2.24, 2.45) is 5.92 Å². The molecule has 0 aliphatic carbocycles. The van der Waals surface area contributed by atoms with Gasteiger partial charge < -0.3 is 9.47 Å². The Kier molecular flexibility index (Phi) is 4.83. The van der Waals surface area contributed by atoms with Crippen LogP contribution < -0.4 is 0 Å². The van der Waals surface area contributed by atoms with Crippen LogP contribution in [0.3, 0.4) is 0 Å². The molecule has 2 saturated heterocycles. The van der Waals surface area contributed by atoms with E-state index in [2.05, 4.69) is 20.9 Å². The summed E-state index contributed by atoms with van der Waals surface area (Å²) in [5, 5.41) is 0. The first kappa shape index (κ1) is 14.9. The first-order valence-corrected chi connectivity index (χ1v) is 7.94. The van der Waals surface area contributed by atoms with Crippen LogP contribution in [-0.2, 0) is 9.47 Å². The van der Waals surface area contributed by atoms with Gasteiger partial charge in [0.25, 0.3) is 0 Å². The molecule has 5 nitrogen and oxygen atoms in total. The van der Waals surface area contributed by atoms with Gasteiger partial charge >= 0.3 is 0 Å². The lowest BCUT2D eigenvalue weighted by Crippen LogP contribution is -2.42. The summed E-state index contributed by atoms with van der Waals surface area (Å²) in [7, 11) is 0. The Labute approximate surface area is 126 Å². The predicted octanol–water partition coefficient (Wildman–Crippen LogP) is 1.89. The molecule has 3 heterocycles. The molecule has 1 atom stereocenters. The van der Waals surface area contributed by atoms with Crippen molar-refractivity contribution in [3.05, 3.63) is 23.3 Å². The molecule has 2 aliphatic heterocycles. The zero-order chi connectivity index (χ0) is 14.7. The van der Waals surface area contributed by atoms with E-state index < -0.39 is 0 Å². The predicted molar refractivity (Wildman–Crippen MR) is 80.2 cm³/mol. The Hall–Kier alpha value is -1.04. The quantitative estimate of drug-likeness (QED) is 0.851. The number of aryl methyl sites for hydroxylation is 2. The number of nitrogens with zero attached hydrogens (tertiary/aromatic N) is 3. The van der Waals surface area contributed by atoms with Gasteiger partial charge in [0.15, 0.2) is 0 Å². The number of hydrogen-bond donors (Lipinski definition) is 0. The fourth-order valence-electron chi connectivity index (χ4n) is 3.25. The van der Waals surface area contributed by atoms with Crippen molar-refractivity contribution in [2.75, 3.05) is 39.5 Å². The molecule has 0 N–H and O–H groups in total. The Morgan fingerprint density at radius 2 is 2.00 bits per heavy atom. The van der Waals surface area contributed by atoms with E-state index in [4.69, 9.17) is 9.47 Å². The summed E-state index contributed by atoms with van der Waals surface area (Å²) in [5.41, 5.74) is 2.04. The molecular formula is C16H25N3O2. The molecule has 5 heteroatoms. The van der Waals surface area contributed by atoms with E-state index in [9.17, 15) is 0 Å². The maximum Gasteiger partial charge on any atom is 0.125 e. The summed E-state index contributed by atoms with van der Waals surface area (Å²) in [6.07, 6.45) is 2.46. The van der Waals surface area contributed by atoms with Crippen LogP contribution in [0.4, 0.5) is 0 Å². The summed E-state index contributed by atoms with van der Waals surface area (Å²) in [6, 6.07) is 2.05. The average molecular weight is 291 g/mol. The lowest BCUT2D eigenvalue weighted by atomic mass is 9.99. The first-order valence-electron chi connectivity index (χ1n) is 7.94. The van der Waals surface area contributed by atoms with Crippen molar-refractivity contribution in [1.82, 2.24) is 14.9 Å². The summed E-state index contributed by atoms with van der Waals surface area (Å²) >= 11 is 0. The van der Waals surface area contributed by atoms with E-state index in [0.717, 1.165) is 62.6 Å². The summed E-state index contributed by atoms with van der Waals surface area (Å²) < 4.78 is 11.4. The van der Waals surface area contributed by atoms with Crippen molar-refractivity contribution in [2.45, 2.75) is 32.8 Å². The molecule has 1 aromatic heterocycles. The van der Waals surface area contributed by atoms with Crippen molar-refractivity contribution >= 4 is 0 Å². The number of ether oxygens (including phenoxy) is 2. The van der Waals surface area contributed by atoms with Crippen LogP contribution in [0, 0.1) is 19.8 Å². The molecule has 21 heavy (non-hydrogen) atoms. The lowest BCUT2D eigenvalue weighted by molar-refractivity contribution is -0.0430. The molecule has 0 saturated carbocycles. The molecule has 0 amide bonds. The molecule has 0 spiro atoms. The van der Waals surface area contributed by atoms with Gasteiger partial charge in [-0.2, -0.15) is 0 Å². The highest BCUT2D eigenvalue weighted by molar-refractivity contribution is 5.13. The van der Waals surface area contributed by atoms with Crippen molar-refractivity contribution in [3.63, 3.8) is 0 Å². The topological polar surface area (TPSA) is 47.5 Å². The van der Waals surface area contributed by atoms with Crippen molar-refractivity contribution in [3.8, 4) is 0 Å². The van der Waals surface area contributed by atoms with E-state index in [0.29, 0.717) is 0 Å². The molecule has 0 unspecified atom stereocenters. The van der Waals surface area contributed by atoms with Gasteiger partial charge in [0.05, 0.1) is 12.3 Å². The number of aromatic nitrogens is 2. The molecular weight excluding hydrogens is 266 g/mol. The fraction of sp³-hybridized carbons (Fsp3) is 0.750. The van der Waals surface area contributed by atoms with Crippen molar-refractivity contribution < 1.29 is 9.47 Å². The number of morpholine rings is 1. The highest BCUT2D eigenvalue weighted by Crippen LogP contribution is 2.24. The van der Waals surface area contributed by atoms with E-state index >= 15 is 0 Å². The summed E-state index contributed by atoms with van der Waals surface area (Å²) in [4.78, 5) is 11.4. The zero-order valence-corrected chi connectivity index (χ0v) is 13.0. The third-order valence-corrected chi connectivity index (χ3v) is 4.32. The molecule has 0 radical (unpaired) electrons. The van der Waals surface area contributed by atoms with Gasteiger partial charge in [0.1, 0.15) is 11.9 Å². The Morgan fingerprint density at radius 1 is 1.19 bits per heavy atom. The maximum atomic E-state index is 5.94. The third kappa shape index (κ3) is 3.99. The third-order valence-electron chi connectivity index (χ3n) is 4.32. The highest BCUT2D eigenvalue weighted by atomic mass is 16.5. The molecule has 1 aromatic rings. The van der Waals surface area contributed by atoms with Crippen LogP contribution in [-0.4, -0.2) is 54.3 Å². The molecule has 2 fully saturated rings. The first-order chi connectivity index (χ1) is 10.2. The van der Waals surface area contributed by atoms with Crippen molar-refractivity contribution in [1.29, 1.82) is 0 Å². The average Bonchev–Trinajstić information content (AvgIpc) is 2.47. The normalized spacial score (nSPS) is 25.1. The van der Waals surface area contributed by atoms with Gasteiger partial charge in [-0.15, -0.1) is 0 Å². The van der Waals surface area contributed by atoms with Crippen LogP contribution in [0.5, 0.6) is 0 Å². The number of rotatable bonds is 3. The van der Waals surface area contributed by atoms with Crippen LogP contribution in [0.15, 0.2) is 6.07 Å². The summed E-state index contributed by atoms with van der Waals surface area (Å²) in [5.74, 6) is 1.60. The Bertz CT molecular complexity index is 454. The number of hydrogen-bond acceptors (Lipinski definition) is 5. The van der Waals surface area contributed by atoms with E-state index in [1.807, 2.05) is 13.8 Å². The smallest absolute Gasteiger partial charge is 0.125 e. The molecule has 2 aliphatic rings. The van der Waals surface area contributed by atoms with Gasteiger partial charge in [0, 0.05) is 38.5 Å². The Balaban J connectivity index is 1.62. The van der Waals surface area contributed by atoms with Crippen LogP contribution >= 0.6 is 0 Å². The van der Waals surface area contributed by atoms with Gasteiger partial charge in [0.2, 0.25) is 0 Å². The molecule has 3 rings (SSSR count). The second-order valence-electron chi connectivity index (χ2n) is 6.16. The second-order valence-corrected chi connectivity index (χ2v) is 6.16. The Morgan fingerprint density at radius 3 is 2.76 bits per heavy atom. The molecule has 0 aromatic carbocycles. The van der Waals surface area contributed by atoms with Gasteiger partial charge in [-0.25, -0.2) is 9.97 Å². The minimum absolute atomic E-state index is 0.0824. The minimum Gasteiger partial charge on any atom is -0.381 e. The van der Waals surface area contributed by atoms with E-state index in [1.165, 1.54) is 12.8 Å².